The molecule has 106 valence electrons. The predicted molar refractivity (Wildman–Crippen MR) is 86.7 cm³/mol. The van der Waals surface area contributed by atoms with Gasteiger partial charge in [0, 0.05) is 21.3 Å². The maximum absolute atomic E-state index is 6.03. The van der Waals surface area contributed by atoms with E-state index in [1.54, 1.807) is 28.9 Å². The number of nitrogens with two attached hydrogens (primary N) is 1. The minimum Gasteiger partial charge on any atom is -0.398 e. The molecule has 0 saturated heterocycles. The summed E-state index contributed by atoms with van der Waals surface area (Å²) in [5, 5.41) is 12.8. The number of aromatic nitrogens is 4. The number of halogens is 3. The zero-order valence-electron chi connectivity index (χ0n) is 10.5. The second kappa shape index (κ2) is 5.63. The van der Waals surface area contributed by atoms with Crippen LogP contribution in [0.2, 0.25) is 10.0 Å². The molecule has 0 aliphatic heterocycles. The SMILES string of the molecule is Nc1cccc(-c2nnnn2-c2cc(Cl)cc(Cl)c2)c1Br. The standard InChI is InChI=1S/C13H8BrCl2N5/c14-12-10(2-1-3-11(12)17)13-18-19-20-21(13)9-5-7(15)4-8(16)6-9/h1-6H,17H2. The summed E-state index contributed by atoms with van der Waals surface area (Å²) in [6.07, 6.45) is 0. The molecule has 0 amide bonds. The minimum atomic E-state index is 0.505. The third-order valence-electron chi connectivity index (χ3n) is 2.83. The Morgan fingerprint density at radius 3 is 2.52 bits per heavy atom. The third kappa shape index (κ3) is 2.74. The third-order valence-corrected chi connectivity index (χ3v) is 4.15. The van der Waals surface area contributed by atoms with Crippen molar-refractivity contribution in [1.82, 2.24) is 20.2 Å². The molecule has 0 saturated carbocycles. The molecule has 0 aliphatic carbocycles. The van der Waals surface area contributed by atoms with Crippen LogP contribution >= 0.6 is 39.1 Å². The lowest BCUT2D eigenvalue weighted by molar-refractivity contribution is 0.791. The minimum absolute atomic E-state index is 0.505. The summed E-state index contributed by atoms with van der Waals surface area (Å²) in [5.74, 6) is 0.535. The van der Waals surface area contributed by atoms with Crippen molar-refractivity contribution < 1.29 is 0 Å². The van der Waals surface area contributed by atoms with Gasteiger partial charge in [0.05, 0.1) is 10.2 Å². The first-order valence-corrected chi connectivity index (χ1v) is 7.40. The van der Waals surface area contributed by atoms with Crippen molar-refractivity contribution in [2.24, 2.45) is 0 Å². The van der Waals surface area contributed by atoms with Gasteiger partial charge >= 0.3 is 0 Å². The van der Waals surface area contributed by atoms with E-state index in [1.165, 1.54) is 0 Å². The number of hydrogen-bond acceptors (Lipinski definition) is 4. The monoisotopic (exact) mass is 383 g/mol. The molecule has 0 aliphatic rings. The first-order valence-electron chi connectivity index (χ1n) is 5.85. The van der Waals surface area contributed by atoms with Crippen LogP contribution in [-0.4, -0.2) is 20.2 Å². The van der Waals surface area contributed by atoms with Crippen LogP contribution in [0.4, 0.5) is 5.69 Å². The van der Waals surface area contributed by atoms with Crippen LogP contribution in [0.3, 0.4) is 0 Å². The molecule has 8 heteroatoms. The molecule has 3 rings (SSSR count). The zero-order chi connectivity index (χ0) is 15.0. The summed E-state index contributed by atoms with van der Waals surface area (Å²) >= 11 is 15.5. The first-order chi connectivity index (χ1) is 10.1. The van der Waals surface area contributed by atoms with Crippen molar-refractivity contribution in [2.45, 2.75) is 0 Å². The van der Waals surface area contributed by atoms with Crippen molar-refractivity contribution >= 4 is 44.8 Å². The van der Waals surface area contributed by atoms with Gasteiger partial charge in [0.15, 0.2) is 5.82 Å². The highest BCUT2D eigenvalue weighted by molar-refractivity contribution is 9.10. The molecular formula is C13H8BrCl2N5. The van der Waals surface area contributed by atoms with Gasteiger partial charge in [-0.15, -0.1) is 5.10 Å². The van der Waals surface area contributed by atoms with Gasteiger partial charge < -0.3 is 5.73 Å². The lowest BCUT2D eigenvalue weighted by Crippen LogP contribution is -2.01. The highest BCUT2D eigenvalue weighted by Crippen LogP contribution is 2.32. The van der Waals surface area contributed by atoms with Crippen LogP contribution in [0.1, 0.15) is 0 Å². The fraction of sp³-hybridized carbons (Fsp3) is 0. The number of rotatable bonds is 2. The quantitative estimate of drug-likeness (QED) is 0.678. The molecule has 5 nitrogen and oxygen atoms in total. The molecule has 1 aromatic heterocycles. The van der Waals surface area contributed by atoms with E-state index in [2.05, 4.69) is 31.5 Å². The zero-order valence-corrected chi connectivity index (χ0v) is 13.6. The Balaban J connectivity index is 2.19. The van der Waals surface area contributed by atoms with Crippen molar-refractivity contribution in [1.29, 1.82) is 0 Å². The predicted octanol–water partition coefficient (Wildman–Crippen LogP) is 3.98. The molecule has 0 radical (unpaired) electrons. The van der Waals surface area contributed by atoms with Crippen LogP contribution in [0.25, 0.3) is 17.1 Å². The summed E-state index contributed by atoms with van der Waals surface area (Å²) in [6, 6.07) is 10.6. The maximum atomic E-state index is 6.03. The molecule has 2 aromatic carbocycles. The molecule has 1 heterocycles. The Bertz CT molecular complexity index is 798. The number of nitrogens with zero attached hydrogens (tertiary/aromatic N) is 4. The second-order valence-electron chi connectivity index (χ2n) is 4.25. The van der Waals surface area contributed by atoms with Gasteiger partial charge in [0.25, 0.3) is 0 Å². The van der Waals surface area contributed by atoms with Crippen molar-refractivity contribution in [3.05, 3.63) is 50.9 Å². The van der Waals surface area contributed by atoms with Gasteiger partial charge in [-0.3, -0.25) is 0 Å². The number of hydrogen-bond donors (Lipinski definition) is 1. The van der Waals surface area contributed by atoms with Crippen LogP contribution < -0.4 is 5.73 Å². The summed E-state index contributed by atoms with van der Waals surface area (Å²) in [5.41, 5.74) is 7.94. The largest absolute Gasteiger partial charge is 0.398 e. The van der Waals surface area contributed by atoms with E-state index in [0.29, 0.717) is 27.2 Å². The lowest BCUT2D eigenvalue weighted by atomic mass is 10.2. The molecular weight excluding hydrogens is 377 g/mol. The average Bonchev–Trinajstić information content (AvgIpc) is 2.90. The van der Waals surface area contributed by atoms with Crippen LogP contribution in [-0.2, 0) is 0 Å². The number of nitrogen functional groups attached to an aromatic ring is 1. The van der Waals surface area contributed by atoms with Crippen molar-refractivity contribution in [2.75, 3.05) is 5.73 Å². The topological polar surface area (TPSA) is 69.6 Å². The molecule has 0 fully saturated rings. The van der Waals surface area contributed by atoms with Gasteiger partial charge in [0.1, 0.15) is 0 Å². The fourth-order valence-electron chi connectivity index (χ4n) is 1.91. The van der Waals surface area contributed by atoms with E-state index in [9.17, 15) is 0 Å². The van der Waals surface area contributed by atoms with Crippen LogP contribution in [0.5, 0.6) is 0 Å². The lowest BCUT2D eigenvalue weighted by Gasteiger charge is -2.08. The van der Waals surface area contributed by atoms with Gasteiger partial charge in [-0.25, -0.2) is 0 Å². The van der Waals surface area contributed by atoms with Gasteiger partial charge in [0.2, 0.25) is 0 Å². The summed E-state index contributed by atoms with van der Waals surface area (Å²) in [4.78, 5) is 0. The van der Waals surface area contributed by atoms with Crippen LogP contribution in [0.15, 0.2) is 40.9 Å². The molecule has 0 atom stereocenters. The smallest absolute Gasteiger partial charge is 0.188 e. The molecule has 0 bridgehead atoms. The Morgan fingerprint density at radius 1 is 1.10 bits per heavy atom. The fourth-order valence-corrected chi connectivity index (χ4v) is 2.87. The normalized spacial score (nSPS) is 10.8. The van der Waals surface area contributed by atoms with Crippen molar-refractivity contribution in [3.8, 4) is 17.1 Å². The first kappa shape index (κ1) is 14.3. The van der Waals surface area contributed by atoms with Crippen LogP contribution in [0, 0.1) is 0 Å². The van der Waals surface area contributed by atoms with E-state index in [-0.39, 0.29) is 0 Å². The Labute approximate surface area is 138 Å². The van der Waals surface area contributed by atoms with E-state index in [1.807, 2.05) is 12.1 Å². The Morgan fingerprint density at radius 2 is 1.81 bits per heavy atom. The summed E-state index contributed by atoms with van der Waals surface area (Å²) in [7, 11) is 0. The van der Waals surface area contributed by atoms with Gasteiger partial charge in [-0.05, 0) is 56.7 Å². The summed E-state index contributed by atoms with van der Waals surface area (Å²) < 4.78 is 2.28. The molecule has 3 aromatic rings. The number of benzene rings is 2. The highest BCUT2D eigenvalue weighted by atomic mass is 79.9. The average molecular weight is 385 g/mol. The second-order valence-corrected chi connectivity index (χ2v) is 5.92. The molecule has 2 N–H and O–H groups in total. The van der Waals surface area contributed by atoms with Gasteiger partial charge in [-0.2, -0.15) is 4.68 Å². The molecule has 0 unspecified atom stereocenters. The number of anilines is 1. The van der Waals surface area contributed by atoms with E-state index < -0.39 is 0 Å². The van der Waals surface area contributed by atoms with Gasteiger partial charge in [-0.1, -0.05) is 29.3 Å². The maximum Gasteiger partial charge on any atom is 0.188 e. The summed E-state index contributed by atoms with van der Waals surface area (Å²) in [6.45, 7) is 0. The van der Waals surface area contributed by atoms with E-state index in [4.69, 9.17) is 28.9 Å². The molecule has 21 heavy (non-hydrogen) atoms. The Kier molecular flexibility index (Phi) is 3.84. The van der Waals surface area contributed by atoms with E-state index >= 15 is 0 Å². The van der Waals surface area contributed by atoms with E-state index in [0.717, 1.165) is 10.0 Å². The molecule has 0 spiro atoms. The van der Waals surface area contributed by atoms with Crippen molar-refractivity contribution in [3.63, 3.8) is 0 Å². The Hall–Kier alpha value is -1.63. The highest BCUT2D eigenvalue weighted by Gasteiger charge is 2.15. The number of tetrazole rings is 1.